The third-order valence-corrected chi connectivity index (χ3v) is 3.36. The van der Waals surface area contributed by atoms with E-state index in [0.717, 1.165) is 19.6 Å². The minimum absolute atomic E-state index is 0.0566. The molecule has 1 heterocycles. The third kappa shape index (κ3) is 3.67. The number of nitrogens with two attached hydrogens (primary N) is 1. The predicted octanol–water partition coefficient (Wildman–Crippen LogP) is 1.97. The van der Waals surface area contributed by atoms with E-state index in [4.69, 9.17) is 15.9 Å². The highest BCUT2D eigenvalue weighted by atomic mass is 19.1. The summed E-state index contributed by atoms with van der Waals surface area (Å²) in [7, 11) is 0. The first-order valence-corrected chi connectivity index (χ1v) is 6.66. The Morgan fingerprint density at radius 2 is 2.05 bits per heavy atom. The summed E-state index contributed by atoms with van der Waals surface area (Å²) in [6, 6.07) is 4.50. The Hall–Kier alpha value is -1.62. The number of likely N-dealkylation sites (tertiary alicyclic amines) is 1. The second kappa shape index (κ2) is 6.52. The molecule has 0 aromatic heterocycles. The molecule has 3 N–H and O–H groups in total. The minimum Gasteiger partial charge on any atom is -0.491 e. The van der Waals surface area contributed by atoms with Crippen LogP contribution >= 0.6 is 0 Å². The van der Waals surface area contributed by atoms with Crippen molar-refractivity contribution in [3.05, 3.63) is 29.6 Å². The average molecular weight is 265 g/mol. The normalized spacial score (nSPS) is 16.3. The van der Waals surface area contributed by atoms with E-state index >= 15 is 0 Å². The van der Waals surface area contributed by atoms with Crippen molar-refractivity contribution in [1.82, 2.24) is 4.90 Å². The summed E-state index contributed by atoms with van der Waals surface area (Å²) >= 11 is 0. The summed E-state index contributed by atoms with van der Waals surface area (Å²) in [6.45, 7) is 3.52. The smallest absolute Gasteiger partial charge is 0.137 e. The van der Waals surface area contributed by atoms with Crippen LogP contribution in [0, 0.1) is 11.2 Å². The minimum atomic E-state index is -0.511. The fourth-order valence-corrected chi connectivity index (χ4v) is 2.35. The summed E-state index contributed by atoms with van der Waals surface area (Å²) in [5.41, 5.74) is 5.44. The zero-order valence-corrected chi connectivity index (χ0v) is 11.0. The van der Waals surface area contributed by atoms with Crippen LogP contribution < -0.4 is 10.5 Å². The van der Waals surface area contributed by atoms with Crippen molar-refractivity contribution in [3.8, 4) is 5.75 Å². The quantitative estimate of drug-likeness (QED) is 0.632. The fourth-order valence-electron chi connectivity index (χ4n) is 2.35. The van der Waals surface area contributed by atoms with E-state index in [2.05, 4.69) is 4.90 Å². The van der Waals surface area contributed by atoms with Gasteiger partial charge in [-0.05, 0) is 38.1 Å². The number of nitrogens with zero attached hydrogens (tertiary/aromatic N) is 1. The first kappa shape index (κ1) is 13.8. The van der Waals surface area contributed by atoms with E-state index in [1.807, 2.05) is 0 Å². The molecule has 0 aliphatic carbocycles. The van der Waals surface area contributed by atoms with Crippen molar-refractivity contribution in [1.29, 1.82) is 5.41 Å². The highest BCUT2D eigenvalue weighted by Gasteiger charge is 2.14. The summed E-state index contributed by atoms with van der Waals surface area (Å²) in [5.74, 6) is -0.460. The van der Waals surface area contributed by atoms with Gasteiger partial charge in [-0.1, -0.05) is 12.5 Å². The van der Waals surface area contributed by atoms with Crippen molar-refractivity contribution in [2.75, 3.05) is 26.2 Å². The Morgan fingerprint density at radius 3 is 2.74 bits per heavy atom. The lowest BCUT2D eigenvalue weighted by Gasteiger charge is -2.26. The topological polar surface area (TPSA) is 62.3 Å². The number of benzene rings is 1. The maximum absolute atomic E-state index is 13.6. The molecule has 1 saturated heterocycles. The molecule has 4 nitrogen and oxygen atoms in total. The molecule has 104 valence electrons. The number of hydrogen-bond acceptors (Lipinski definition) is 3. The van der Waals surface area contributed by atoms with Gasteiger partial charge in [-0.3, -0.25) is 10.3 Å². The van der Waals surface area contributed by atoms with Crippen molar-refractivity contribution in [2.24, 2.45) is 5.73 Å². The molecule has 1 aliphatic rings. The zero-order valence-electron chi connectivity index (χ0n) is 11.0. The lowest BCUT2D eigenvalue weighted by atomic mass is 10.1. The van der Waals surface area contributed by atoms with E-state index in [0.29, 0.717) is 12.4 Å². The van der Waals surface area contributed by atoms with Crippen molar-refractivity contribution >= 4 is 5.84 Å². The first-order chi connectivity index (χ1) is 9.18. The number of ether oxygens (including phenoxy) is 1. The lowest BCUT2D eigenvalue weighted by Crippen LogP contribution is -2.33. The highest BCUT2D eigenvalue weighted by molar-refractivity contribution is 5.97. The van der Waals surface area contributed by atoms with Gasteiger partial charge in [-0.15, -0.1) is 0 Å². The standard InChI is InChI=1S/C14H20FN3O/c15-11-5-4-6-12(13(11)14(16)17)19-10-9-18-7-2-1-3-8-18/h4-6H,1-3,7-10H2,(H3,16,17). The summed E-state index contributed by atoms with van der Waals surface area (Å²) in [5, 5.41) is 7.40. The van der Waals surface area contributed by atoms with E-state index < -0.39 is 5.82 Å². The van der Waals surface area contributed by atoms with Gasteiger partial charge in [0.25, 0.3) is 0 Å². The van der Waals surface area contributed by atoms with Crippen LogP contribution in [0.1, 0.15) is 24.8 Å². The molecular weight excluding hydrogens is 245 g/mol. The average Bonchev–Trinajstić information content (AvgIpc) is 2.39. The van der Waals surface area contributed by atoms with Crippen LogP contribution in [0.5, 0.6) is 5.75 Å². The third-order valence-electron chi connectivity index (χ3n) is 3.36. The molecule has 0 amide bonds. The Bertz CT molecular complexity index is 444. The SMILES string of the molecule is N=C(N)c1c(F)cccc1OCCN1CCCCC1. The van der Waals surface area contributed by atoms with Gasteiger partial charge in [0, 0.05) is 6.54 Å². The van der Waals surface area contributed by atoms with Crippen molar-refractivity contribution < 1.29 is 9.13 Å². The van der Waals surface area contributed by atoms with Crippen LogP contribution in [0.2, 0.25) is 0 Å². The van der Waals surface area contributed by atoms with Gasteiger partial charge in [-0.2, -0.15) is 0 Å². The van der Waals surface area contributed by atoms with Gasteiger partial charge >= 0.3 is 0 Å². The zero-order chi connectivity index (χ0) is 13.7. The highest BCUT2D eigenvalue weighted by Crippen LogP contribution is 2.21. The van der Waals surface area contributed by atoms with Gasteiger partial charge < -0.3 is 10.5 Å². The molecule has 0 bridgehead atoms. The van der Waals surface area contributed by atoms with Crippen LogP contribution in [0.25, 0.3) is 0 Å². The molecule has 1 aromatic rings. The Kier molecular flexibility index (Phi) is 4.74. The maximum atomic E-state index is 13.6. The van der Waals surface area contributed by atoms with Gasteiger partial charge in [0.2, 0.25) is 0 Å². The molecule has 0 unspecified atom stereocenters. The van der Waals surface area contributed by atoms with Gasteiger partial charge in [0.05, 0.1) is 5.56 Å². The molecule has 1 aromatic carbocycles. The number of amidine groups is 1. The second-order valence-electron chi connectivity index (χ2n) is 4.78. The number of nitrogen functional groups attached to an aromatic ring is 1. The van der Waals surface area contributed by atoms with Crippen LogP contribution in [0.4, 0.5) is 4.39 Å². The second-order valence-corrected chi connectivity index (χ2v) is 4.78. The van der Waals surface area contributed by atoms with Crippen LogP contribution in [0.15, 0.2) is 18.2 Å². The molecule has 0 atom stereocenters. The number of hydrogen-bond donors (Lipinski definition) is 2. The van der Waals surface area contributed by atoms with Gasteiger partial charge in [0.15, 0.2) is 0 Å². The molecule has 1 fully saturated rings. The molecule has 19 heavy (non-hydrogen) atoms. The molecule has 2 rings (SSSR count). The molecule has 0 saturated carbocycles. The lowest BCUT2D eigenvalue weighted by molar-refractivity contribution is 0.183. The molecular formula is C14H20FN3O. The van der Waals surface area contributed by atoms with Gasteiger partial charge in [-0.25, -0.2) is 4.39 Å². The number of piperidine rings is 1. The van der Waals surface area contributed by atoms with Gasteiger partial charge in [0.1, 0.15) is 24.0 Å². The molecule has 5 heteroatoms. The summed E-state index contributed by atoms with van der Waals surface area (Å²) in [4.78, 5) is 2.34. The molecule has 1 aliphatic heterocycles. The van der Waals surface area contributed by atoms with E-state index in [1.165, 1.54) is 25.3 Å². The fraction of sp³-hybridized carbons (Fsp3) is 0.500. The predicted molar refractivity (Wildman–Crippen MR) is 73.2 cm³/mol. The van der Waals surface area contributed by atoms with Crippen molar-refractivity contribution in [3.63, 3.8) is 0 Å². The summed E-state index contributed by atoms with van der Waals surface area (Å²) < 4.78 is 19.2. The number of halogens is 1. The molecule has 0 spiro atoms. The Labute approximate surface area is 112 Å². The number of rotatable bonds is 5. The van der Waals surface area contributed by atoms with Crippen LogP contribution in [0.3, 0.4) is 0 Å². The van der Waals surface area contributed by atoms with E-state index in [1.54, 1.807) is 12.1 Å². The van der Waals surface area contributed by atoms with E-state index in [-0.39, 0.29) is 11.4 Å². The first-order valence-electron chi connectivity index (χ1n) is 6.66. The largest absolute Gasteiger partial charge is 0.491 e. The Morgan fingerprint density at radius 1 is 1.32 bits per heavy atom. The number of nitrogens with one attached hydrogen (secondary N) is 1. The van der Waals surface area contributed by atoms with Crippen LogP contribution in [-0.2, 0) is 0 Å². The summed E-state index contributed by atoms with van der Waals surface area (Å²) in [6.07, 6.45) is 3.77. The Balaban J connectivity index is 1.92. The van der Waals surface area contributed by atoms with Crippen LogP contribution in [-0.4, -0.2) is 37.0 Å². The molecule has 0 radical (unpaired) electrons. The monoisotopic (exact) mass is 265 g/mol. The maximum Gasteiger partial charge on any atom is 0.137 e. The van der Waals surface area contributed by atoms with Crippen molar-refractivity contribution in [2.45, 2.75) is 19.3 Å². The van der Waals surface area contributed by atoms with E-state index in [9.17, 15) is 4.39 Å².